The lowest BCUT2D eigenvalue weighted by Crippen LogP contribution is -1.93. The first kappa shape index (κ1) is 13.2. The van der Waals surface area contributed by atoms with Crippen molar-refractivity contribution in [3.05, 3.63) is 83.0 Å². The van der Waals surface area contributed by atoms with Gasteiger partial charge >= 0.3 is 0 Å². The summed E-state index contributed by atoms with van der Waals surface area (Å²) in [5.74, 6) is 1.57. The summed E-state index contributed by atoms with van der Waals surface area (Å²) in [5.41, 5.74) is 1.80. The van der Waals surface area contributed by atoms with Crippen molar-refractivity contribution in [3.63, 3.8) is 0 Å². The fourth-order valence-electron chi connectivity index (χ4n) is 2.45. The molecule has 2 heterocycles. The highest BCUT2D eigenvalue weighted by molar-refractivity contribution is 8.04. The van der Waals surface area contributed by atoms with Gasteiger partial charge in [0, 0.05) is 16.0 Å². The fraction of sp³-hybridized carbons (Fsp3) is 0. The van der Waals surface area contributed by atoms with E-state index in [1.165, 1.54) is 11.8 Å². The van der Waals surface area contributed by atoms with Crippen molar-refractivity contribution < 1.29 is 9.21 Å². The smallest absolute Gasteiger partial charge is 0.200 e. The van der Waals surface area contributed by atoms with Crippen LogP contribution in [-0.2, 0) is 0 Å². The minimum Gasteiger partial charge on any atom is -0.457 e. The molecule has 0 N–H and O–H groups in total. The molecular formula is C19H12O2S. The van der Waals surface area contributed by atoms with Gasteiger partial charge in [-0.1, -0.05) is 54.2 Å². The van der Waals surface area contributed by atoms with Crippen molar-refractivity contribution >= 4 is 23.6 Å². The molecular weight excluding hydrogens is 292 g/mol. The third kappa shape index (κ3) is 2.30. The summed E-state index contributed by atoms with van der Waals surface area (Å²) in [6, 6.07) is 21.4. The molecule has 22 heavy (non-hydrogen) atoms. The van der Waals surface area contributed by atoms with Crippen LogP contribution in [0.5, 0.6) is 0 Å². The largest absolute Gasteiger partial charge is 0.457 e. The van der Waals surface area contributed by atoms with E-state index in [4.69, 9.17) is 4.42 Å². The molecule has 0 saturated carbocycles. The molecule has 2 aromatic carbocycles. The number of carbonyl (C=O) groups excluding carboxylic acids is 1. The van der Waals surface area contributed by atoms with Crippen molar-refractivity contribution in [1.82, 2.24) is 0 Å². The molecule has 1 aliphatic rings. The summed E-state index contributed by atoms with van der Waals surface area (Å²) < 4.78 is 5.84. The lowest BCUT2D eigenvalue weighted by Gasteiger charge is -1.95. The SMILES string of the molecule is O=C1C(=Cc2ccc(-c3ccccc3)o2)Sc2ccccc21. The molecule has 4 rings (SSSR count). The Balaban J connectivity index is 1.65. The minimum atomic E-state index is 0.0678. The molecule has 0 bridgehead atoms. The summed E-state index contributed by atoms with van der Waals surface area (Å²) in [6.45, 7) is 0. The molecule has 1 aromatic heterocycles. The van der Waals surface area contributed by atoms with Gasteiger partial charge in [-0.25, -0.2) is 0 Å². The van der Waals surface area contributed by atoms with Crippen LogP contribution in [0.25, 0.3) is 17.4 Å². The number of Topliss-reactive ketones (excluding diaryl/α,β-unsaturated/α-hetero) is 1. The highest BCUT2D eigenvalue weighted by atomic mass is 32.2. The van der Waals surface area contributed by atoms with Crippen molar-refractivity contribution in [2.24, 2.45) is 0 Å². The van der Waals surface area contributed by atoms with Crippen LogP contribution in [0.2, 0.25) is 0 Å². The van der Waals surface area contributed by atoms with E-state index in [1.54, 1.807) is 0 Å². The Morgan fingerprint density at radius 3 is 2.45 bits per heavy atom. The van der Waals surface area contributed by atoms with Crippen LogP contribution in [0.3, 0.4) is 0 Å². The van der Waals surface area contributed by atoms with Crippen LogP contribution < -0.4 is 0 Å². The average Bonchev–Trinajstić information content (AvgIpc) is 3.15. The molecule has 0 unspecified atom stereocenters. The van der Waals surface area contributed by atoms with Crippen molar-refractivity contribution in [2.45, 2.75) is 4.90 Å². The van der Waals surface area contributed by atoms with Gasteiger partial charge in [0.2, 0.25) is 5.78 Å². The molecule has 0 amide bonds. The topological polar surface area (TPSA) is 30.2 Å². The molecule has 2 nitrogen and oxygen atoms in total. The van der Waals surface area contributed by atoms with E-state index in [-0.39, 0.29) is 5.78 Å². The number of rotatable bonds is 2. The summed E-state index contributed by atoms with van der Waals surface area (Å²) in [7, 11) is 0. The van der Waals surface area contributed by atoms with E-state index in [0.29, 0.717) is 10.7 Å². The second-order valence-corrected chi connectivity index (χ2v) is 6.09. The number of furan rings is 1. The monoisotopic (exact) mass is 304 g/mol. The van der Waals surface area contributed by atoms with Crippen LogP contribution in [0.15, 0.2) is 80.9 Å². The summed E-state index contributed by atoms with van der Waals surface area (Å²) in [6.07, 6.45) is 1.82. The minimum absolute atomic E-state index is 0.0678. The van der Waals surface area contributed by atoms with Gasteiger partial charge in [-0.05, 0) is 30.3 Å². The maximum absolute atomic E-state index is 12.3. The van der Waals surface area contributed by atoms with E-state index in [0.717, 1.165) is 21.8 Å². The van der Waals surface area contributed by atoms with Crippen LogP contribution in [0.4, 0.5) is 0 Å². The molecule has 0 atom stereocenters. The zero-order valence-corrected chi connectivity index (χ0v) is 12.5. The standard InChI is InChI=1S/C19H12O2S/c20-19-15-8-4-5-9-17(15)22-18(19)12-14-10-11-16(21-14)13-6-2-1-3-7-13/h1-12H. The quantitative estimate of drug-likeness (QED) is 0.604. The van der Waals surface area contributed by atoms with Gasteiger partial charge in [-0.3, -0.25) is 4.79 Å². The third-order valence-electron chi connectivity index (χ3n) is 3.53. The van der Waals surface area contributed by atoms with Gasteiger partial charge < -0.3 is 4.42 Å². The zero-order valence-electron chi connectivity index (χ0n) is 11.7. The predicted molar refractivity (Wildman–Crippen MR) is 88.8 cm³/mol. The Kier molecular flexibility index (Phi) is 3.20. The molecule has 0 saturated heterocycles. The van der Waals surface area contributed by atoms with Crippen molar-refractivity contribution in [1.29, 1.82) is 0 Å². The van der Waals surface area contributed by atoms with Gasteiger partial charge in [-0.15, -0.1) is 0 Å². The number of carbonyl (C=O) groups is 1. The van der Waals surface area contributed by atoms with Gasteiger partial charge in [-0.2, -0.15) is 0 Å². The third-order valence-corrected chi connectivity index (χ3v) is 4.63. The van der Waals surface area contributed by atoms with Crippen molar-refractivity contribution in [2.75, 3.05) is 0 Å². The highest BCUT2D eigenvalue weighted by Gasteiger charge is 2.25. The van der Waals surface area contributed by atoms with Gasteiger partial charge in [0.25, 0.3) is 0 Å². The van der Waals surface area contributed by atoms with E-state index in [9.17, 15) is 4.79 Å². The summed E-state index contributed by atoms with van der Waals surface area (Å²) in [4.78, 5) is 14.1. The molecule has 0 fully saturated rings. The Bertz CT molecular complexity index is 875. The normalized spacial score (nSPS) is 15.3. The first-order valence-electron chi connectivity index (χ1n) is 7.00. The molecule has 1 aliphatic heterocycles. The molecule has 0 spiro atoms. The number of allylic oxidation sites excluding steroid dienone is 1. The van der Waals surface area contributed by atoms with E-state index >= 15 is 0 Å². The van der Waals surface area contributed by atoms with Crippen molar-refractivity contribution in [3.8, 4) is 11.3 Å². The maximum atomic E-state index is 12.3. The fourth-order valence-corrected chi connectivity index (χ4v) is 3.48. The maximum Gasteiger partial charge on any atom is 0.200 e. The number of ketones is 1. The second kappa shape index (κ2) is 5.35. The van der Waals surface area contributed by atoms with Crippen LogP contribution in [0.1, 0.15) is 16.1 Å². The van der Waals surface area contributed by atoms with Crippen LogP contribution in [-0.4, -0.2) is 5.78 Å². The summed E-state index contributed by atoms with van der Waals surface area (Å²) in [5, 5.41) is 0. The predicted octanol–water partition coefficient (Wildman–Crippen LogP) is 5.28. The summed E-state index contributed by atoms with van der Waals surface area (Å²) >= 11 is 1.50. The van der Waals surface area contributed by atoms with E-state index in [1.807, 2.05) is 72.8 Å². The average molecular weight is 304 g/mol. The Labute approximate surface area is 132 Å². The molecule has 0 aliphatic carbocycles. The molecule has 0 radical (unpaired) electrons. The number of hydrogen-bond donors (Lipinski definition) is 0. The Morgan fingerprint density at radius 2 is 1.64 bits per heavy atom. The van der Waals surface area contributed by atoms with E-state index in [2.05, 4.69) is 0 Å². The zero-order chi connectivity index (χ0) is 14.9. The Hall–Kier alpha value is -2.52. The van der Waals surface area contributed by atoms with Crippen LogP contribution in [0, 0.1) is 0 Å². The second-order valence-electron chi connectivity index (χ2n) is 5.00. The first-order chi connectivity index (χ1) is 10.8. The molecule has 3 heteroatoms. The highest BCUT2D eigenvalue weighted by Crippen LogP contribution is 2.40. The number of fused-ring (bicyclic) bond motifs is 1. The Morgan fingerprint density at radius 1 is 0.864 bits per heavy atom. The van der Waals surface area contributed by atoms with Gasteiger partial charge in [0.05, 0.1) is 4.91 Å². The lowest BCUT2D eigenvalue weighted by molar-refractivity contribution is 0.104. The number of hydrogen-bond acceptors (Lipinski definition) is 3. The van der Waals surface area contributed by atoms with Gasteiger partial charge in [0.15, 0.2) is 0 Å². The molecule has 106 valence electrons. The first-order valence-corrected chi connectivity index (χ1v) is 7.81. The van der Waals surface area contributed by atoms with Crippen LogP contribution >= 0.6 is 11.8 Å². The number of thioether (sulfide) groups is 1. The lowest BCUT2D eigenvalue weighted by atomic mass is 10.1. The molecule has 3 aromatic rings. The number of benzene rings is 2. The van der Waals surface area contributed by atoms with Gasteiger partial charge in [0.1, 0.15) is 11.5 Å². The van der Waals surface area contributed by atoms with E-state index < -0.39 is 0 Å².